The molecule has 3 rings (SSSR count). The Hall–Kier alpha value is -2.34. The molecule has 0 radical (unpaired) electrons. The van der Waals surface area contributed by atoms with E-state index in [-0.39, 0.29) is 5.91 Å². The van der Waals surface area contributed by atoms with E-state index in [1.165, 1.54) is 6.21 Å². The summed E-state index contributed by atoms with van der Waals surface area (Å²) >= 11 is 15.4. The van der Waals surface area contributed by atoms with Crippen LogP contribution in [0.3, 0.4) is 0 Å². The number of nitrogens with zero attached hydrogens (tertiary/aromatic N) is 1. The highest BCUT2D eigenvalue weighted by atomic mass is 79.9. The van der Waals surface area contributed by atoms with E-state index in [9.17, 15) is 4.79 Å². The predicted molar refractivity (Wildman–Crippen MR) is 116 cm³/mol. The summed E-state index contributed by atoms with van der Waals surface area (Å²) in [7, 11) is 0. The zero-order valence-corrected chi connectivity index (χ0v) is 17.6. The fourth-order valence-electron chi connectivity index (χ4n) is 2.41. The highest BCUT2D eigenvalue weighted by molar-refractivity contribution is 9.10. The van der Waals surface area contributed by atoms with E-state index >= 15 is 0 Å². The van der Waals surface area contributed by atoms with Crippen LogP contribution in [0.15, 0.2) is 76.3 Å². The van der Waals surface area contributed by atoms with Crippen LogP contribution >= 0.6 is 39.1 Å². The Bertz CT molecular complexity index is 1020. The molecular weight excluding hydrogens is 463 g/mol. The second-order valence-corrected chi connectivity index (χ2v) is 7.51. The van der Waals surface area contributed by atoms with Gasteiger partial charge in [0.15, 0.2) is 0 Å². The molecule has 0 heterocycles. The number of nitrogens with one attached hydrogen (secondary N) is 1. The number of carbonyl (C=O) groups is 1. The normalized spacial score (nSPS) is 10.8. The van der Waals surface area contributed by atoms with Gasteiger partial charge in [-0.15, -0.1) is 0 Å². The molecule has 0 aliphatic carbocycles. The molecule has 0 atom stereocenters. The van der Waals surface area contributed by atoms with Crippen molar-refractivity contribution in [2.45, 2.75) is 6.61 Å². The van der Waals surface area contributed by atoms with Gasteiger partial charge in [-0.05, 0) is 64.0 Å². The molecule has 0 saturated heterocycles. The van der Waals surface area contributed by atoms with Gasteiger partial charge in [-0.1, -0.05) is 47.5 Å². The number of hydrogen-bond acceptors (Lipinski definition) is 3. The van der Waals surface area contributed by atoms with Crippen molar-refractivity contribution in [3.8, 4) is 5.75 Å². The standard InChI is InChI=1S/C21H15BrCl2N2O2/c22-19-7-2-1-6-18(19)21(27)26-25-12-15-11-17(24)8-9-20(15)28-13-14-4-3-5-16(23)10-14/h1-12H,13H2,(H,26,27)/b25-12+. The number of rotatable bonds is 6. The van der Waals surface area contributed by atoms with E-state index in [2.05, 4.69) is 26.5 Å². The molecule has 0 aromatic heterocycles. The molecule has 0 saturated carbocycles. The van der Waals surface area contributed by atoms with Crippen LogP contribution in [0, 0.1) is 0 Å². The Morgan fingerprint density at radius 2 is 1.82 bits per heavy atom. The third-order valence-corrected chi connectivity index (χ3v) is 4.91. The lowest BCUT2D eigenvalue weighted by Crippen LogP contribution is -2.18. The second kappa shape index (κ2) is 9.73. The average Bonchev–Trinajstić information content (AvgIpc) is 2.67. The van der Waals surface area contributed by atoms with Crippen molar-refractivity contribution in [2.24, 2.45) is 5.10 Å². The van der Waals surface area contributed by atoms with Gasteiger partial charge >= 0.3 is 0 Å². The van der Waals surface area contributed by atoms with Crippen LogP contribution in [0.2, 0.25) is 10.0 Å². The monoisotopic (exact) mass is 476 g/mol. The summed E-state index contributed by atoms with van der Waals surface area (Å²) in [6, 6.07) is 19.7. The lowest BCUT2D eigenvalue weighted by atomic mass is 10.2. The maximum atomic E-state index is 12.2. The van der Waals surface area contributed by atoms with Crippen LogP contribution in [-0.2, 0) is 6.61 Å². The molecule has 0 spiro atoms. The zero-order chi connectivity index (χ0) is 19.9. The van der Waals surface area contributed by atoms with Crippen molar-refractivity contribution in [1.82, 2.24) is 5.43 Å². The summed E-state index contributed by atoms with van der Waals surface area (Å²) in [4.78, 5) is 12.2. The van der Waals surface area contributed by atoms with Gasteiger partial charge in [0.2, 0.25) is 0 Å². The summed E-state index contributed by atoms with van der Waals surface area (Å²) in [6.45, 7) is 0.340. The van der Waals surface area contributed by atoms with Crippen molar-refractivity contribution in [3.05, 3.63) is 97.9 Å². The number of hydrogen-bond donors (Lipinski definition) is 1. The third-order valence-electron chi connectivity index (χ3n) is 3.74. The Morgan fingerprint density at radius 3 is 2.61 bits per heavy atom. The Morgan fingerprint density at radius 1 is 1.04 bits per heavy atom. The van der Waals surface area contributed by atoms with E-state index in [4.69, 9.17) is 27.9 Å². The van der Waals surface area contributed by atoms with Crippen LogP contribution in [-0.4, -0.2) is 12.1 Å². The van der Waals surface area contributed by atoms with E-state index < -0.39 is 0 Å². The molecule has 1 amide bonds. The minimum absolute atomic E-state index is 0.327. The summed E-state index contributed by atoms with van der Waals surface area (Å²) in [5, 5.41) is 5.21. The largest absolute Gasteiger partial charge is 0.488 e. The SMILES string of the molecule is O=C(N/N=C/c1cc(Cl)ccc1OCc1cccc(Cl)c1)c1ccccc1Br. The summed E-state index contributed by atoms with van der Waals surface area (Å²) < 4.78 is 6.56. The van der Waals surface area contributed by atoms with Gasteiger partial charge in [0.25, 0.3) is 5.91 Å². The topological polar surface area (TPSA) is 50.7 Å². The fraction of sp³-hybridized carbons (Fsp3) is 0.0476. The van der Waals surface area contributed by atoms with E-state index in [0.717, 1.165) is 5.56 Å². The molecule has 0 aliphatic heterocycles. The van der Waals surface area contributed by atoms with Crippen molar-refractivity contribution in [2.75, 3.05) is 0 Å². The predicted octanol–water partition coefficient (Wildman–Crippen LogP) is 6.10. The molecule has 1 N–H and O–H groups in total. The number of carbonyl (C=O) groups excluding carboxylic acids is 1. The number of hydrazone groups is 1. The van der Waals surface area contributed by atoms with Gasteiger partial charge in [-0.3, -0.25) is 4.79 Å². The molecule has 7 heteroatoms. The molecule has 142 valence electrons. The van der Waals surface area contributed by atoms with E-state index in [0.29, 0.717) is 38.0 Å². The maximum absolute atomic E-state index is 12.2. The summed E-state index contributed by atoms with van der Waals surface area (Å²) in [5.74, 6) is 0.260. The minimum Gasteiger partial charge on any atom is -0.488 e. The van der Waals surface area contributed by atoms with Crippen LogP contribution in [0.5, 0.6) is 5.75 Å². The van der Waals surface area contributed by atoms with Crippen LogP contribution in [0.1, 0.15) is 21.5 Å². The molecule has 3 aromatic carbocycles. The van der Waals surface area contributed by atoms with Gasteiger partial charge in [-0.25, -0.2) is 5.43 Å². The van der Waals surface area contributed by atoms with Gasteiger partial charge in [0.1, 0.15) is 12.4 Å². The smallest absolute Gasteiger partial charge is 0.272 e. The maximum Gasteiger partial charge on any atom is 0.272 e. The number of amides is 1. The summed E-state index contributed by atoms with van der Waals surface area (Å²) in [5.41, 5.74) is 4.57. The molecular formula is C21H15BrCl2N2O2. The van der Waals surface area contributed by atoms with E-state index in [1.807, 2.05) is 24.3 Å². The first-order valence-electron chi connectivity index (χ1n) is 8.27. The number of benzene rings is 3. The first kappa shape index (κ1) is 20.4. The fourth-order valence-corrected chi connectivity index (χ4v) is 3.26. The average molecular weight is 478 g/mol. The zero-order valence-electron chi connectivity index (χ0n) is 14.5. The number of ether oxygens (including phenoxy) is 1. The third kappa shape index (κ3) is 5.58. The van der Waals surface area contributed by atoms with Crippen molar-refractivity contribution < 1.29 is 9.53 Å². The van der Waals surface area contributed by atoms with Crippen LogP contribution in [0.25, 0.3) is 0 Å². The highest BCUT2D eigenvalue weighted by Crippen LogP contribution is 2.23. The molecule has 4 nitrogen and oxygen atoms in total. The molecule has 0 aliphatic rings. The molecule has 0 fully saturated rings. The Kier molecular flexibility index (Phi) is 7.09. The first-order valence-corrected chi connectivity index (χ1v) is 9.82. The lowest BCUT2D eigenvalue weighted by Gasteiger charge is -2.10. The van der Waals surface area contributed by atoms with Crippen molar-refractivity contribution in [1.29, 1.82) is 0 Å². The highest BCUT2D eigenvalue weighted by Gasteiger charge is 2.08. The summed E-state index contributed by atoms with van der Waals surface area (Å²) in [6.07, 6.45) is 1.49. The van der Waals surface area contributed by atoms with Crippen LogP contribution < -0.4 is 10.2 Å². The molecule has 0 bridgehead atoms. The van der Waals surface area contributed by atoms with Gasteiger partial charge in [-0.2, -0.15) is 5.10 Å². The lowest BCUT2D eigenvalue weighted by molar-refractivity contribution is 0.0954. The van der Waals surface area contributed by atoms with E-state index in [1.54, 1.807) is 42.5 Å². The van der Waals surface area contributed by atoms with Gasteiger partial charge < -0.3 is 4.74 Å². The van der Waals surface area contributed by atoms with Crippen molar-refractivity contribution in [3.63, 3.8) is 0 Å². The molecule has 3 aromatic rings. The Balaban J connectivity index is 1.70. The van der Waals surface area contributed by atoms with Crippen LogP contribution in [0.4, 0.5) is 0 Å². The minimum atomic E-state index is -0.327. The van der Waals surface area contributed by atoms with Gasteiger partial charge in [0, 0.05) is 20.1 Å². The van der Waals surface area contributed by atoms with Crippen molar-refractivity contribution >= 4 is 51.3 Å². The molecule has 28 heavy (non-hydrogen) atoms. The number of halogens is 3. The Labute approximate surface area is 181 Å². The first-order chi connectivity index (χ1) is 13.5. The quantitative estimate of drug-likeness (QED) is 0.344. The second-order valence-electron chi connectivity index (χ2n) is 5.78. The molecule has 0 unspecified atom stereocenters. The van der Waals surface area contributed by atoms with Gasteiger partial charge in [0.05, 0.1) is 11.8 Å².